The van der Waals surface area contributed by atoms with Crippen molar-refractivity contribution < 1.29 is 5.11 Å². The van der Waals surface area contributed by atoms with E-state index >= 15 is 0 Å². The maximum absolute atomic E-state index is 9.43. The number of hydrogen-bond acceptors (Lipinski definition) is 2. The molecule has 0 aliphatic heterocycles. The van der Waals surface area contributed by atoms with E-state index in [-0.39, 0.29) is 0 Å². The van der Waals surface area contributed by atoms with Gasteiger partial charge in [0.2, 0.25) is 0 Å². The molecule has 1 aromatic carbocycles. The van der Waals surface area contributed by atoms with Gasteiger partial charge in [0.1, 0.15) is 5.82 Å². The second-order valence-electron chi connectivity index (χ2n) is 3.83. The molecule has 0 spiro atoms. The number of aryl methyl sites for hydroxylation is 1. The van der Waals surface area contributed by atoms with Crippen LogP contribution in [0.4, 0.5) is 0 Å². The van der Waals surface area contributed by atoms with Crippen LogP contribution >= 0.6 is 0 Å². The normalized spacial score (nSPS) is 12.7. The molecule has 1 unspecified atom stereocenters. The highest BCUT2D eigenvalue weighted by Crippen LogP contribution is 2.16. The topological polar surface area (TPSA) is 38.0 Å². The maximum atomic E-state index is 9.43. The third-order valence-electron chi connectivity index (χ3n) is 2.69. The van der Waals surface area contributed by atoms with Crippen molar-refractivity contribution in [2.24, 2.45) is 0 Å². The smallest absolute Gasteiger partial charge is 0.112 e. The highest BCUT2D eigenvalue weighted by Gasteiger charge is 2.04. The van der Waals surface area contributed by atoms with Crippen molar-refractivity contribution in [1.29, 1.82) is 0 Å². The highest BCUT2D eigenvalue weighted by molar-refractivity contribution is 5.36. The molecule has 3 heteroatoms. The SMILES string of the molecule is CCc1nccn1-c1ccc(C(C)O)cc1. The summed E-state index contributed by atoms with van der Waals surface area (Å²) in [6.07, 6.45) is 4.26. The zero-order valence-corrected chi connectivity index (χ0v) is 9.59. The summed E-state index contributed by atoms with van der Waals surface area (Å²) >= 11 is 0. The molecule has 0 bridgehead atoms. The largest absolute Gasteiger partial charge is 0.389 e. The molecule has 0 aliphatic carbocycles. The van der Waals surface area contributed by atoms with Crippen LogP contribution < -0.4 is 0 Å². The van der Waals surface area contributed by atoms with E-state index in [9.17, 15) is 5.11 Å². The van der Waals surface area contributed by atoms with Gasteiger partial charge in [-0.25, -0.2) is 4.98 Å². The Bertz CT molecular complexity index is 457. The van der Waals surface area contributed by atoms with Gasteiger partial charge in [-0.05, 0) is 24.6 Å². The standard InChI is InChI=1S/C13H16N2O/c1-3-13-14-8-9-15(13)12-6-4-11(5-7-12)10(2)16/h4-10,16H,3H2,1-2H3. The minimum absolute atomic E-state index is 0.414. The minimum atomic E-state index is -0.414. The molecule has 3 nitrogen and oxygen atoms in total. The van der Waals surface area contributed by atoms with E-state index in [1.165, 1.54) is 0 Å². The first-order valence-electron chi connectivity index (χ1n) is 5.53. The molecule has 1 heterocycles. The van der Waals surface area contributed by atoms with Gasteiger partial charge >= 0.3 is 0 Å². The lowest BCUT2D eigenvalue weighted by Gasteiger charge is -2.09. The lowest BCUT2D eigenvalue weighted by atomic mass is 10.1. The summed E-state index contributed by atoms with van der Waals surface area (Å²) in [6, 6.07) is 7.89. The fraction of sp³-hybridized carbons (Fsp3) is 0.308. The Kier molecular flexibility index (Phi) is 3.06. The second-order valence-corrected chi connectivity index (χ2v) is 3.83. The van der Waals surface area contributed by atoms with E-state index < -0.39 is 6.10 Å². The van der Waals surface area contributed by atoms with Gasteiger partial charge in [-0.3, -0.25) is 0 Å². The van der Waals surface area contributed by atoms with Gasteiger partial charge in [0.15, 0.2) is 0 Å². The van der Waals surface area contributed by atoms with E-state index in [0.29, 0.717) is 0 Å². The van der Waals surface area contributed by atoms with Gasteiger partial charge in [0.25, 0.3) is 0 Å². The summed E-state index contributed by atoms with van der Waals surface area (Å²) in [4.78, 5) is 4.28. The molecular formula is C13H16N2O. The van der Waals surface area contributed by atoms with Gasteiger partial charge < -0.3 is 9.67 Å². The molecule has 0 fully saturated rings. The van der Waals surface area contributed by atoms with Crippen LogP contribution in [0.2, 0.25) is 0 Å². The Labute approximate surface area is 95.4 Å². The number of aliphatic hydroxyl groups excluding tert-OH is 1. The number of hydrogen-bond donors (Lipinski definition) is 1. The number of aromatic nitrogens is 2. The van der Waals surface area contributed by atoms with Crippen molar-refractivity contribution in [3.05, 3.63) is 48.0 Å². The average molecular weight is 216 g/mol. The van der Waals surface area contributed by atoms with E-state index in [1.807, 2.05) is 30.5 Å². The third-order valence-corrected chi connectivity index (χ3v) is 2.69. The van der Waals surface area contributed by atoms with Gasteiger partial charge in [0, 0.05) is 24.5 Å². The summed E-state index contributed by atoms with van der Waals surface area (Å²) in [5, 5.41) is 9.43. The summed E-state index contributed by atoms with van der Waals surface area (Å²) in [5.74, 6) is 1.05. The van der Waals surface area contributed by atoms with Crippen molar-refractivity contribution in [2.45, 2.75) is 26.4 Å². The van der Waals surface area contributed by atoms with Crippen molar-refractivity contribution in [3.8, 4) is 5.69 Å². The van der Waals surface area contributed by atoms with Gasteiger partial charge in [0.05, 0.1) is 6.10 Å². The van der Waals surface area contributed by atoms with Crippen LogP contribution in [0.5, 0.6) is 0 Å². The quantitative estimate of drug-likeness (QED) is 0.856. The lowest BCUT2D eigenvalue weighted by molar-refractivity contribution is 0.199. The van der Waals surface area contributed by atoms with Crippen LogP contribution in [0.1, 0.15) is 31.3 Å². The molecule has 84 valence electrons. The maximum Gasteiger partial charge on any atom is 0.112 e. The molecular weight excluding hydrogens is 200 g/mol. The third kappa shape index (κ3) is 1.99. The molecule has 0 saturated heterocycles. The Hall–Kier alpha value is -1.61. The Morgan fingerprint density at radius 1 is 1.31 bits per heavy atom. The molecule has 0 radical (unpaired) electrons. The zero-order valence-electron chi connectivity index (χ0n) is 9.59. The van der Waals surface area contributed by atoms with Gasteiger partial charge in [-0.1, -0.05) is 19.1 Å². The van der Waals surface area contributed by atoms with E-state index in [4.69, 9.17) is 0 Å². The molecule has 0 aliphatic rings. The van der Waals surface area contributed by atoms with Crippen LogP contribution in [-0.4, -0.2) is 14.7 Å². The first-order chi connectivity index (χ1) is 7.72. The predicted octanol–water partition coefficient (Wildman–Crippen LogP) is 2.49. The summed E-state index contributed by atoms with van der Waals surface area (Å²) in [5.41, 5.74) is 2.01. The Morgan fingerprint density at radius 2 is 2.00 bits per heavy atom. The van der Waals surface area contributed by atoms with E-state index in [0.717, 1.165) is 23.5 Å². The predicted molar refractivity (Wildman–Crippen MR) is 63.6 cm³/mol. The van der Waals surface area contributed by atoms with Gasteiger partial charge in [-0.15, -0.1) is 0 Å². The summed E-state index contributed by atoms with van der Waals surface area (Å²) in [6.45, 7) is 3.85. The average Bonchev–Trinajstić information content (AvgIpc) is 2.77. The molecule has 2 aromatic rings. The number of rotatable bonds is 3. The molecule has 16 heavy (non-hydrogen) atoms. The van der Waals surface area contributed by atoms with Crippen LogP contribution in [0, 0.1) is 0 Å². The number of aliphatic hydroxyl groups is 1. The van der Waals surface area contributed by atoms with Crippen molar-refractivity contribution >= 4 is 0 Å². The number of imidazole rings is 1. The van der Waals surface area contributed by atoms with Gasteiger partial charge in [-0.2, -0.15) is 0 Å². The van der Waals surface area contributed by atoms with E-state index in [1.54, 1.807) is 13.1 Å². The van der Waals surface area contributed by atoms with Crippen LogP contribution in [0.3, 0.4) is 0 Å². The second kappa shape index (κ2) is 4.49. The summed E-state index contributed by atoms with van der Waals surface area (Å²) in [7, 11) is 0. The fourth-order valence-corrected chi connectivity index (χ4v) is 1.74. The zero-order chi connectivity index (χ0) is 11.5. The lowest BCUT2D eigenvalue weighted by Crippen LogP contribution is -1.99. The van der Waals surface area contributed by atoms with Crippen LogP contribution in [0.15, 0.2) is 36.7 Å². The number of benzene rings is 1. The summed E-state index contributed by atoms with van der Waals surface area (Å²) < 4.78 is 2.06. The Morgan fingerprint density at radius 3 is 2.56 bits per heavy atom. The molecule has 1 atom stereocenters. The van der Waals surface area contributed by atoms with Crippen molar-refractivity contribution in [3.63, 3.8) is 0 Å². The molecule has 2 rings (SSSR count). The number of nitrogens with zero attached hydrogens (tertiary/aromatic N) is 2. The highest BCUT2D eigenvalue weighted by atomic mass is 16.3. The monoisotopic (exact) mass is 216 g/mol. The first kappa shape index (κ1) is 10.9. The van der Waals surface area contributed by atoms with Crippen molar-refractivity contribution in [1.82, 2.24) is 9.55 Å². The Balaban J connectivity index is 2.35. The fourth-order valence-electron chi connectivity index (χ4n) is 1.74. The molecule has 1 aromatic heterocycles. The molecule has 1 N–H and O–H groups in total. The van der Waals surface area contributed by atoms with Crippen LogP contribution in [0.25, 0.3) is 5.69 Å². The first-order valence-corrected chi connectivity index (χ1v) is 5.53. The van der Waals surface area contributed by atoms with E-state index in [2.05, 4.69) is 16.5 Å². The minimum Gasteiger partial charge on any atom is -0.389 e. The van der Waals surface area contributed by atoms with Crippen LogP contribution in [-0.2, 0) is 6.42 Å². The molecule has 0 amide bonds. The molecule has 0 saturated carbocycles. The van der Waals surface area contributed by atoms with Crippen molar-refractivity contribution in [2.75, 3.05) is 0 Å².